The molecule has 2 aromatic rings. The fraction of sp³-hybridized carbons (Fsp3) is 0.250. The number of rotatable bonds is 3. The third-order valence-corrected chi connectivity index (χ3v) is 3.97. The van der Waals surface area contributed by atoms with Gasteiger partial charge in [0.15, 0.2) is 0 Å². The number of aryl methyl sites for hydroxylation is 1. The van der Waals surface area contributed by atoms with Crippen LogP contribution in [-0.2, 0) is 23.1 Å². The highest BCUT2D eigenvalue weighted by molar-refractivity contribution is 5.83. The van der Waals surface area contributed by atoms with Gasteiger partial charge in [-0.1, -0.05) is 30.3 Å². The second kappa shape index (κ2) is 4.50. The Kier molecular flexibility index (Phi) is 2.82. The normalized spacial score (nSPS) is 21.1. The van der Waals surface area contributed by atoms with Gasteiger partial charge in [-0.3, -0.25) is 9.78 Å². The smallest absolute Gasteiger partial charge is 0.314 e. The Morgan fingerprint density at radius 2 is 2.00 bits per heavy atom. The van der Waals surface area contributed by atoms with Crippen LogP contribution in [0.4, 0.5) is 0 Å². The Labute approximate surface area is 111 Å². The summed E-state index contributed by atoms with van der Waals surface area (Å²) in [5.41, 5.74) is 2.13. The second-order valence-electron chi connectivity index (χ2n) is 5.04. The minimum Gasteiger partial charge on any atom is -0.481 e. The summed E-state index contributed by atoms with van der Waals surface area (Å²) in [5.74, 6) is -0.747. The van der Waals surface area contributed by atoms with Crippen molar-refractivity contribution >= 4 is 5.97 Å². The molecule has 3 heteroatoms. The number of hydrogen-bond donors (Lipinski definition) is 1. The van der Waals surface area contributed by atoms with Crippen LogP contribution in [0.1, 0.15) is 23.2 Å². The molecule has 1 heterocycles. The molecule has 0 bridgehead atoms. The summed E-state index contributed by atoms with van der Waals surface area (Å²) < 4.78 is 0. The van der Waals surface area contributed by atoms with Gasteiger partial charge in [0.25, 0.3) is 0 Å². The van der Waals surface area contributed by atoms with E-state index in [1.54, 1.807) is 6.20 Å². The molecule has 1 N–H and O–H groups in total. The quantitative estimate of drug-likeness (QED) is 0.914. The Bertz CT molecular complexity index is 609. The molecule has 0 saturated carbocycles. The van der Waals surface area contributed by atoms with Crippen LogP contribution in [-0.4, -0.2) is 16.1 Å². The largest absolute Gasteiger partial charge is 0.481 e. The molecular weight excluding hydrogens is 238 g/mol. The fourth-order valence-corrected chi connectivity index (χ4v) is 2.98. The van der Waals surface area contributed by atoms with Crippen LogP contribution < -0.4 is 0 Å². The van der Waals surface area contributed by atoms with E-state index in [1.807, 2.05) is 42.5 Å². The summed E-state index contributed by atoms with van der Waals surface area (Å²) in [6, 6.07) is 13.5. The number of aromatic nitrogens is 1. The zero-order valence-corrected chi connectivity index (χ0v) is 10.5. The van der Waals surface area contributed by atoms with E-state index in [-0.39, 0.29) is 0 Å². The monoisotopic (exact) mass is 253 g/mol. The molecule has 3 rings (SSSR count). The highest BCUT2D eigenvalue weighted by atomic mass is 16.4. The van der Waals surface area contributed by atoms with Crippen molar-refractivity contribution in [1.29, 1.82) is 0 Å². The van der Waals surface area contributed by atoms with Crippen molar-refractivity contribution in [3.8, 4) is 0 Å². The van der Waals surface area contributed by atoms with Crippen LogP contribution in [0.3, 0.4) is 0 Å². The van der Waals surface area contributed by atoms with Gasteiger partial charge in [-0.05, 0) is 36.1 Å². The number of aliphatic carboxylic acids is 1. The predicted octanol–water partition coefficient (Wildman–Crippen LogP) is 2.59. The van der Waals surface area contributed by atoms with Crippen LogP contribution in [0, 0.1) is 0 Å². The number of carbonyl (C=O) groups is 1. The van der Waals surface area contributed by atoms with E-state index < -0.39 is 11.4 Å². The van der Waals surface area contributed by atoms with Crippen LogP contribution in [0.15, 0.2) is 48.7 Å². The first-order valence-electron chi connectivity index (χ1n) is 6.44. The number of hydrogen-bond acceptors (Lipinski definition) is 2. The van der Waals surface area contributed by atoms with Gasteiger partial charge < -0.3 is 5.11 Å². The van der Waals surface area contributed by atoms with Crippen molar-refractivity contribution in [2.45, 2.75) is 24.7 Å². The molecule has 0 aliphatic heterocycles. The summed E-state index contributed by atoms with van der Waals surface area (Å²) in [4.78, 5) is 16.1. The molecule has 96 valence electrons. The molecule has 3 nitrogen and oxygen atoms in total. The van der Waals surface area contributed by atoms with E-state index in [9.17, 15) is 9.90 Å². The van der Waals surface area contributed by atoms with Gasteiger partial charge >= 0.3 is 5.97 Å². The molecule has 1 aliphatic carbocycles. The van der Waals surface area contributed by atoms with E-state index >= 15 is 0 Å². The number of fused-ring (bicyclic) bond motifs is 1. The molecule has 1 aromatic heterocycles. The SMILES string of the molecule is O=C(O)C1(Cc2ccccn2)CCc2ccccc21. The van der Waals surface area contributed by atoms with Crippen molar-refractivity contribution in [2.75, 3.05) is 0 Å². The molecule has 1 unspecified atom stereocenters. The number of carboxylic acid groups (broad SMARTS) is 1. The van der Waals surface area contributed by atoms with Crippen molar-refractivity contribution in [1.82, 2.24) is 4.98 Å². The highest BCUT2D eigenvalue weighted by Crippen LogP contribution is 2.41. The van der Waals surface area contributed by atoms with E-state index in [0.717, 1.165) is 23.2 Å². The maximum atomic E-state index is 11.9. The fourth-order valence-electron chi connectivity index (χ4n) is 2.98. The zero-order valence-electron chi connectivity index (χ0n) is 10.5. The lowest BCUT2D eigenvalue weighted by Crippen LogP contribution is -2.36. The molecule has 0 radical (unpaired) electrons. The minimum absolute atomic E-state index is 0.459. The highest BCUT2D eigenvalue weighted by Gasteiger charge is 2.45. The van der Waals surface area contributed by atoms with E-state index in [1.165, 1.54) is 0 Å². The van der Waals surface area contributed by atoms with Gasteiger partial charge in [0, 0.05) is 18.3 Å². The summed E-state index contributed by atoms with van der Waals surface area (Å²) in [6.07, 6.45) is 3.65. The summed E-state index contributed by atoms with van der Waals surface area (Å²) in [5, 5.41) is 9.74. The summed E-state index contributed by atoms with van der Waals surface area (Å²) in [6.45, 7) is 0. The van der Waals surface area contributed by atoms with Crippen LogP contribution >= 0.6 is 0 Å². The summed E-state index contributed by atoms with van der Waals surface area (Å²) >= 11 is 0. The molecule has 0 spiro atoms. The van der Waals surface area contributed by atoms with Crippen LogP contribution in [0.25, 0.3) is 0 Å². The van der Waals surface area contributed by atoms with Crippen LogP contribution in [0.5, 0.6) is 0 Å². The van der Waals surface area contributed by atoms with Gasteiger partial charge in [0.2, 0.25) is 0 Å². The molecule has 1 atom stereocenters. The third kappa shape index (κ3) is 1.91. The van der Waals surface area contributed by atoms with Crippen molar-refractivity contribution in [3.63, 3.8) is 0 Å². The van der Waals surface area contributed by atoms with Crippen molar-refractivity contribution in [2.24, 2.45) is 0 Å². The first-order chi connectivity index (χ1) is 9.22. The first kappa shape index (κ1) is 11.9. The lowest BCUT2D eigenvalue weighted by atomic mass is 9.78. The minimum atomic E-state index is -0.815. The maximum absolute atomic E-state index is 11.9. The van der Waals surface area contributed by atoms with Crippen molar-refractivity contribution < 1.29 is 9.90 Å². The lowest BCUT2D eigenvalue weighted by Gasteiger charge is -2.25. The molecule has 0 fully saturated rings. The van der Waals surface area contributed by atoms with Gasteiger partial charge in [-0.15, -0.1) is 0 Å². The van der Waals surface area contributed by atoms with E-state index in [4.69, 9.17) is 0 Å². The van der Waals surface area contributed by atoms with Crippen LogP contribution in [0.2, 0.25) is 0 Å². The van der Waals surface area contributed by atoms with Gasteiger partial charge in [-0.2, -0.15) is 0 Å². The third-order valence-electron chi connectivity index (χ3n) is 3.97. The van der Waals surface area contributed by atoms with Gasteiger partial charge in [0.05, 0.1) is 5.41 Å². The predicted molar refractivity (Wildman–Crippen MR) is 72.0 cm³/mol. The Morgan fingerprint density at radius 1 is 1.21 bits per heavy atom. The summed E-state index contributed by atoms with van der Waals surface area (Å²) in [7, 11) is 0. The molecule has 1 aliphatic rings. The maximum Gasteiger partial charge on any atom is 0.314 e. The van der Waals surface area contributed by atoms with Gasteiger partial charge in [0.1, 0.15) is 0 Å². The number of carboxylic acids is 1. The standard InChI is InChI=1S/C16H15NO2/c18-15(19)16(11-13-6-3-4-10-17-13)9-8-12-5-1-2-7-14(12)16/h1-7,10H,8-9,11H2,(H,18,19). The second-order valence-corrected chi connectivity index (χ2v) is 5.04. The molecular formula is C16H15NO2. The van der Waals surface area contributed by atoms with Crippen molar-refractivity contribution in [3.05, 3.63) is 65.5 Å². The zero-order chi connectivity index (χ0) is 13.3. The Morgan fingerprint density at radius 3 is 2.74 bits per heavy atom. The van der Waals surface area contributed by atoms with E-state index in [2.05, 4.69) is 4.98 Å². The Hall–Kier alpha value is -2.16. The molecule has 0 saturated heterocycles. The lowest BCUT2D eigenvalue weighted by molar-refractivity contribution is -0.143. The Balaban J connectivity index is 2.05. The number of nitrogens with zero attached hydrogens (tertiary/aromatic N) is 1. The van der Waals surface area contributed by atoms with E-state index in [0.29, 0.717) is 12.8 Å². The number of pyridine rings is 1. The topological polar surface area (TPSA) is 50.2 Å². The molecule has 0 amide bonds. The molecule has 1 aromatic carbocycles. The van der Waals surface area contributed by atoms with Gasteiger partial charge in [-0.25, -0.2) is 0 Å². The average molecular weight is 253 g/mol. The number of benzene rings is 1. The first-order valence-corrected chi connectivity index (χ1v) is 6.44. The molecule has 19 heavy (non-hydrogen) atoms. The average Bonchev–Trinajstić information content (AvgIpc) is 2.81.